The molecule has 30 heavy (non-hydrogen) atoms. The largest absolute Gasteiger partial charge is 0.390 e. The fourth-order valence-electron chi connectivity index (χ4n) is 4.06. The van der Waals surface area contributed by atoms with E-state index in [1.807, 2.05) is 13.8 Å². The molecule has 0 spiro atoms. The third-order valence-corrected chi connectivity index (χ3v) is 6.34. The molecule has 2 aromatic rings. The molecule has 8 heteroatoms. The smallest absolute Gasteiger partial charge is 0.332 e. The molecule has 0 aliphatic heterocycles. The highest BCUT2D eigenvalue weighted by atomic mass is 16.5. The van der Waals surface area contributed by atoms with Gasteiger partial charge in [-0.05, 0) is 44.9 Å². The van der Waals surface area contributed by atoms with Crippen LogP contribution >= 0.6 is 0 Å². The Morgan fingerprint density at radius 3 is 2.53 bits per heavy atom. The van der Waals surface area contributed by atoms with E-state index in [1.165, 1.54) is 9.13 Å². The minimum Gasteiger partial charge on any atom is -0.390 e. The van der Waals surface area contributed by atoms with Gasteiger partial charge < -0.3 is 14.4 Å². The summed E-state index contributed by atoms with van der Waals surface area (Å²) in [6, 6.07) is 0. The molecule has 0 atom stereocenters. The molecule has 0 amide bonds. The summed E-state index contributed by atoms with van der Waals surface area (Å²) in [5, 5.41) is 10.4. The summed E-state index contributed by atoms with van der Waals surface area (Å²) in [6.45, 7) is 5.30. The first-order valence-electron chi connectivity index (χ1n) is 11.0. The summed E-state index contributed by atoms with van der Waals surface area (Å²) in [5.41, 5.74) is -0.492. The lowest BCUT2D eigenvalue weighted by atomic mass is 9.91. The van der Waals surface area contributed by atoms with Crippen molar-refractivity contribution in [3.63, 3.8) is 0 Å². The maximum atomic E-state index is 13.1. The van der Waals surface area contributed by atoms with Crippen molar-refractivity contribution >= 4 is 11.2 Å². The molecule has 0 radical (unpaired) electrons. The number of nitrogens with zero attached hydrogens (tertiary/aromatic N) is 4. The summed E-state index contributed by atoms with van der Waals surface area (Å²) >= 11 is 0. The third kappa shape index (κ3) is 4.75. The highest BCUT2D eigenvalue weighted by Gasteiger charge is 2.21. The van der Waals surface area contributed by atoms with Crippen molar-refractivity contribution in [1.82, 2.24) is 18.7 Å². The predicted molar refractivity (Wildman–Crippen MR) is 117 cm³/mol. The second-order valence-corrected chi connectivity index (χ2v) is 8.23. The van der Waals surface area contributed by atoms with Gasteiger partial charge in [0.2, 0.25) is 0 Å². The first-order valence-corrected chi connectivity index (χ1v) is 11.0. The Labute approximate surface area is 176 Å². The van der Waals surface area contributed by atoms with Crippen molar-refractivity contribution in [2.75, 3.05) is 6.61 Å². The summed E-state index contributed by atoms with van der Waals surface area (Å²) in [4.78, 5) is 30.1. The predicted octanol–water partition coefficient (Wildman–Crippen LogP) is 2.35. The number of fused-ring (bicyclic) bond motifs is 1. The molecular weight excluding hydrogens is 384 g/mol. The fourth-order valence-corrected chi connectivity index (χ4v) is 4.06. The topological polar surface area (TPSA) is 91.3 Å². The minimum absolute atomic E-state index is 0.214. The molecule has 0 saturated carbocycles. The van der Waals surface area contributed by atoms with Crippen LogP contribution in [0.3, 0.4) is 0 Å². The average Bonchev–Trinajstić information content (AvgIpc) is 3.41. The SMILES string of the molecule is CCC(O)(CC)CCCCn1c(=O)c2c(ncn2CCOC2CC=CC2)n(C)c1=O. The lowest BCUT2D eigenvalue weighted by Crippen LogP contribution is -2.40. The van der Waals surface area contributed by atoms with Crippen molar-refractivity contribution < 1.29 is 9.84 Å². The Balaban J connectivity index is 1.73. The normalized spacial score (nSPS) is 14.9. The Hall–Kier alpha value is -2.19. The van der Waals surface area contributed by atoms with Gasteiger partial charge in [0.25, 0.3) is 5.56 Å². The molecule has 8 nitrogen and oxygen atoms in total. The van der Waals surface area contributed by atoms with Crippen LogP contribution < -0.4 is 11.2 Å². The summed E-state index contributed by atoms with van der Waals surface area (Å²) in [5.74, 6) is 0. The quantitative estimate of drug-likeness (QED) is 0.447. The van der Waals surface area contributed by atoms with E-state index >= 15 is 0 Å². The first kappa shape index (κ1) is 22.5. The molecule has 1 N–H and O–H groups in total. The van der Waals surface area contributed by atoms with Crippen molar-refractivity contribution in [3.05, 3.63) is 39.3 Å². The number of hydrogen-bond donors (Lipinski definition) is 1. The molecule has 0 unspecified atom stereocenters. The van der Waals surface area contributed by atoms with Crippen molar-refractivity contribution in [3.8, 4) is 0 Å². The second kappa shape index (κ2) is 9.75. The minimum atomic E-state index is -0.659. The van der Waals surface area contributed by atoms with Crippen LogP contribution in [0.15, 0.2) is 28.1 Å². The molecule has 0 aromatic carbocycles. The maximum Gasteiger partial charge on any atom is 0.332 e. The lowest BCUT2D eigenvalue weighted by Gasteiger charge is -2.24. The molecule has 0 fully saturated rings. The Bertz CT molecular complexity index is 989. The van der Waals surface area contributed by atoms with Crippen LogP contribution in [0, 0.1) is 0 Å². The van der Waals surface area contributed by atoms with Gasteiger partial charge in [-0.1, -0.05) is 26.0 Å². The number of hydrogen-bond acceptors (Lipinski definition) is 5. The zero-order valence-electron chi connectivity index (χ0n) is 18.3. The Morgan fingerprint density at radius 1 is 1.17 bits per heavy atom. The molecule has 2 heterocycles. The molecule has 0 bridgehead atoms. The van der Waals surface area contributed by atoms with Crippen molar-refractivity contribution in [1.29, 1.82) is 0 Å². The van der Waals surface area contributed by atoms with Gasteiger partial charge in [-0.25, -0.2) is 9.78 Å². The first-order chi connectivity index (χ1) is 14.4. The van der Waals surface area contributed by atoms with E-state index < -0.39 is 5.60 Å². The van der Waals surface area contributed by atoms with Gasteiger partial charge in [-0.2, -0.15) is 0 Å². The highest BCUT2D eigenvalue weighted by molar-refractivity contribution is 5.69. The Kier molecular flexibility index (Phi) is 7.31. The van der Waals surface area contributed by atoms with Crippen molar-refractivity contribution in [2.24, 2.45) is 7.05 Å². The van der Waals surface area contributed by atoms with Gasteiger partial charge in [0, 0.05) is 20.1 Å². The summed E-state index contributed by atoms with van der Waals surface area (Å²) in [7, 11) is 1.64. The number of rotatable bonds is 11. The van der Waals surface area contributed by atoms with Crippen LogP contribution in [-0.4, -0.2) is 42.1 Å². The van der Waals surface area contributed by atoms with E-state index in [9.17, 15) is 14.7 Å². The molecule has 2 aromatic heterocycles. The van der Waals surface area contributed by atoms with Crippen LogP contribution in [0.25, 0.3) is 11.2 Å². The van der Waals surface area contributed by atoms with E-state index in [1.54, 1.807) is 17.9 Å². The zero-order valence-corrected chi connectivity index (χ0v) is 18.3. The van der Waals surface area contributed by atoms with Crippen LogP contribution in [-0.2, 0) is 24.9 Å². The monoisotopic (exact) mass is 418 g/mol. The van der Waals surface area contributed by atoms with Crippen LogP contribution in [0.5, 0.6) is 0 Å². The number of imidazole rings is 1. The standard InChI is InChI=1S/C22H34N4O4/c1-4-22(29,5-2)12-8-9-13-26-20(27)18-19(24(3)21(26)28)23-16-25(18)14-15-30-17-10-6-7-11-17/h6-7,16-17,29H,4-5,8-15H2,1-3H3. The molecular formula is C22H34N4O4. The van der Waals surface area contributed by atoms with Crippen LogP contribution in [0.1, 0.15) is 58.8 Å². The van der Waals surface area contributed by atoms with Gasteiger partial charge in [0.1, 0.15) is 0 Å². The fraction of sp³-hybridized carbons (Fsp3) is 0.682. The van der Waals surface area contributed by atoms with Gasteiger partial charge in [-0.3, -0.25) is 13.9 Å². The lowest BCUT2D eigenvalue weighted by molar-refractivity contribution is 0.0210. The van der Waals surface area contributed by atoms with Gasteiger partial charge in [-0.15, -0.1) is 0 Å². The summed E-state index contributed by atoms with van der Waals surface area (Å²) in [6.07, 6.45) is 11.4. The Morgan fingerprint density at radius 2 is 1.87 bits per heavy atom. The highest BCUT2D eigenvalue weighted by Crippen LogP contribution is 2.22. The molecule has 1 aliphatic carbocycles. The molecule has 3 rings (SSSR count). The van der Waals surface area contributed by atoms with E-state index in [0.29, 0.717) is 56.5 Å². The van der Waals surface area contributed by atoms with Gasteiger partial charge in [0.15, 0.2) is 11.2 Å². The van der Waals surface area contributed by atoms with Gasteiger partial charge in [0.05, 0.1) is 24.6 Å². The molecule has 0 saturated heterocycles. The van der Waals surface area contributed by atoms with E-state index in [4.69, 9.17) is 4.74 Å². The number of aromatic nitrogens is 4. The summed E-state index contributed by atoms with van der Waals surface area (Å²) < 4.78 is 10.4. The number of ether oxygens (including phenoxy) is 1. The average molecular weight is 419 g/mol. The van der Waals surface area contributed by atoms with Crippen molar-refractivity contribution in [2.45, 2.75) is 83.6 Å². The van der Waals surface area contributed by atoms with Crippen LogP contribution in [0.4, 0.5) is 0 Å². The van der Waals surface area contributed by atoms with Crippen LogP contribution in [0.2, 0.25) is 0 Å². The molecule has 1 aliphatic rings. The molecule has 166 valence electrons. The number of aryl methyl sites for hydroxylation is 1. The number of unbranched alkanes of at least 4 members (excludes halogenated alkanes) is 1. The van der Waals surface area contributed by atoms with E-state index in [-0.39, 0.29) is 17.4 Å². The third-order valence-electron chi connectivity index (χ3n) is 6.34. The number of aliphatic hydroxyl groups is 1. The van der Waals surface area contributed by atoms with E-state index in [0.717, 1.165) is 19.3 Å². The maximum absolute atomic E-state index is 13.1. The second-order valence-electron chi connectivity index (χ2n) is 8.23. The van der Waals surface area contributed by atoms with E-state index in [2.05, 4.69) is 17.1 Å². The van der Waals surface area contributed by atoms with Gasteiger partial charge >= 0.3 is 5.69 Å². The zero-order chi connectivity index (χ0) is 21.7.